The average molecular weight is 501 g/mol. The minimum absolute atomic E-state index is 0.140. The zero-order valence-electron chi connectivity index (χ0n) is 20.0. The van der Waals surface area contributed by atoms with Crippen molar-refractivity contribution in [3.8, 4) is 0 Å². The lowest BCUT2D eigenvalue weighted by molar-refractivity contribution is -0.147. The molecule has 3 rings (SSSR count). The number of hydrogen-bond acceptors (Lipinski definition) is 7. The maximum atomic E-state index is 12.7. The molecule has 2 fully saturated rings. The Kier molecular flexibility index (Phi) is 8.24. The van der Waals surface area contributed by atoms with Crippen LogP contribution in [0.4, 0.5) is 18.0 Å². The molecule has 2 aliphatic heterocycles. The van der Waals surface area contributed by atoms with Gasteiger partial charge in [0.1, 0.15) is 24.3 Å². The molecule has 0 bridgehead atoms. The van der Waals surface area contributed by atoms with Crippen LogP contribution < -0.4 is 5.32 Å². The van der Waals surface area contributed by atoms with Crippen molar-refractivity contribution < 1.29 is 37.0 Å². The number of carbonyl (C=O) groups is 3. The molecule has 2 aliphatic rings. The molecule has 9 nitrogen and oxygen atoms in total. The highest BCUT2D eigenvalue weighted by Gasteiger charge is 2.41. The second kappa shape index (κ2) is 10.8. The molecule has 3 atom stereocenters. The van der Waals surface area contributed by atoms with Crippen molar-refractivity contribution in [1.82, 2.24) is 20.1 Å². The number of carbonyl (C=O) groups excluding carboxylic acids is 3. The third-order valence-corrected chi connectivity index (χ3v) is 5.72. The fourth-order valence-corrected chi connectivity index (χ4v) is 4.15. The van der Waals surface area contributed by atoms with Gasteiger partial charge < -0.3 is 19.7 Å². The number of nitrogens with one attached hydrogen (secondary N) is 1. The molecule has 12 heteroatoms. The van der Waals surface area contributed by atoms with Gasteiger partial charge in [-0.05, 0) is 45.2 Å². The maximum Gasteiger partial charge on any atom is 0.410 e. The van der Waals surface area contributed by atoms with Crippen molar-refractivity contribution in [2.75, 3.05) is 32.7 Å². The summed E-state index contributed by atoms with van der Waals surface area (Å²) in [5, 5.41) is 1.91. The number of cyclic esters (lactones) is 1. The Morgan fingerprint density at radius 2 is 2.00 bits per heavy atom. The molecule has 0 spiro atoms. The number of amides is 2. The van der Waals surface area contributed by atoms with Crippen molar-refractivity contribution in [2.24, 2.45) is 5.92 Å². The Morgan fingerprint density at radius 1 is 1.26 bits per heavy atom. The highest BCUT2D eigenvalue weighted by Crippen LogP contribution is 2.27. The fourth-order valence-electron chi connectivity index (χ4n) is 4.15. The van der Waals surface area contributed by atoms with Gasteiger partial charge in [0.05, 0.1) is 5.92 Å². The minimum atomic E-state index is -4.57. The van der Waals surface area contributed by atoms with Gasteiger partial charge in [-0.15, -0.1) is 0 Å². The first-order valence-electron chi connectivity index (χ1n) is 11.5. The highest BCUT2D eigenvalue weighted by molar-refractivity contribution is 5.83. The van der Waals surface area contributed by atoms with Crippen molar-refractivity contribution >= 4 is 18.0 Å². The van der Waals surface area contributed by atoms with Gasteiger partial charge in [-0.3, -0.25) is 19.5 Å². The van der Waals surface area contributed by atoms with Crippen molar-refractivity contribution in [2.45, 2.75) is 57.5 Å². The van der Waals surface area contributed by atoms with E-state index in [-0.39, 0.29) is 38.1 Å². The third kappa shape index (κ3) is 8.08. The van der Waals surface area contributed by atoms with E-state index < -0.39 is 42.5 Å². The SMILES string of the molecule is CC(C)(C)OC(=O)N1CCN(C[C@@H]2C[C@@H](Cc3cccnc3)C(=O)O2)[C@H](C(=O)NCC(F)(F)F)C1. The van der Waals surface area contributed by atoms with Crippen LogP contribution in [0, 0.1) is 5.92 Å². The smallest absolute Gasteiger partial charge is 0.410 e. The summed E-state index contributed by atoms with van der Waals surface area (Å²) in [6, 6.07) is 2.60. The predicted octanol–water partition coefficient (Wildman–Crippen LogP) is 2.16. The number of alkyl halides is 3. The number of halogens is 3. The normalized spacial score (nSPS) is 23.7. The Morgan fingerprint density at radius 3 is 2.63 bits per heavy atom. The first-order chi connectivity index (χ1) is 16.3. The van der Waals surface area contributed by atoms with Crippen LogP contribution in [0.15, 0.2) is 24.5 Å². The molecule has 0 saturated carbocycles. The number of hydrogen-bond donors (Lipinski definition) is 1. The van der Waals surface area contributed by atoms with Crippen LogP contribution in [-0.4, -0.2) is 89.4 Å². The van der Waals surface area contributed by atoms with Crippen LogP contribution in [0.1, 0.15) is 32.8 Å². The quantitative estimate of drug-likeness (QED) is 0.598. The molecule has 194 valence electrons. The Hall–Kier alpha value is -2.89. The molecule has 0 aliphatic carbocycles. The van der Waals surface area contributed by atoms with E-state index >= 15 is 0 Å². The first kappa shape index (κ1) is 26.7. The van der Waals surface area contributed by atoms with Crippen LogP contribution in [0.5, 0.6) is 0 Å². The van der Waals surface area contributed by atoms with Gasteiger partial charge >= 0.3 is 18.2 Å². The molecule has 3 heterocycles. The summed E-state index contributed by atoms with van der Waals surface area (Å²) in [6.45, 7) is 4.08. The van der Waals surface area contributed by atoms with E-state index in [2.05, 4.69) is 4.98 Å². The average Bonchev–Trinajstić information content (AvgIpc) is 3.09. The summed E-state index contributed by atoms with van der Waals surface area (Å²) in [6.07, 6.45) is -1.54. The molecule has 0 radical (unpaired) electrons. The molecule has 1 N–H and O–H groups in total. The van der Waals surface area contributed by atoms with Crippen LogP contribution in [-0.2, 0) is 25.5 Å². The number of pyridine rings is 1. The first-order valence-corrected chi connectivity index (χ1v) is 11.5. The van der Waals surface area contributed by atoms with Gasteiger partial charge in [0.2, 0.25) is 5.91 Å². The summed E-state index contributed by atoms with van der Waals surface area (Å²) in [7, 11) is 0. The summed E-state index contributed by atoms with van der Waals surface area (Å²) in [5.41, 5.74) is 0.134. The topological polar surface area (TPSA) is 101 Å². The number of piperazine rings is 1. The predicted molar refractivity (Wildman–Crippen MR) is 118 cm³/mol. The minimum Gasteiger partial charge on any atom is -0.461 e. The number of esters is 1. The number of rotatable bonds is 6. The van der Waals surface area contributed by atoms with Gasteiger partial charge in [-0.25, -0.2) is 4.79 Å². The number of aromatic nitrogens is 1. The van der Waals surface area contributed by atoms with E-state index in [4.69, 9.17) is 9.47 Å². The summed E-state index contributed by atoms with van der Waals surface area (Å²) < 4.78 is 48.9. The maximum absolute atomic E-state index is 12.7. The van der Waals surface area contributed by atoms with Gasteiger partial charge in [0.15, 0.2) is 0 Å². The zero-order valence-corrected chi connectivity index (χ0v) is 20.0. The van der Waals surface area contributed by atoms with Crippen molar-refractivity contribution in [3.05, 3.63) is 30.1 Å². The van der Waals surface area contributed by atoms with E-state index in [1.165, 1.54) is 4.90 Å². The Balaban J connectivity index is 1.66. The van der Waals surface area contributed by atoms with Crippen LogP contribution >= 0.6 is 0 Å². The van der Waals surface area contributed by atoms with E-state index in [9.17, 15) is 27.6 Å². The van der Waals surface area contributed by atoms with Gasteiger partial charge in [0.25, 0.3) is 0 Å². The summed E-state index contributed by atoms with van der Waals surface area (Å²) in [4.78, 5) is 44.6. The molecule has 0 aromatic carbocycles. The molecule has 1 aromatic rings. The van der Waals surface area contributed by atoms with Gasteiger partial charge in [-0.1, -0.05) is 6.07 Å². The van der Waals surface area contributed by atoms with E-state index in [0.717, 1.165) is 5.56 Å². The molecule has 35 heavy (non-hydrogen) atoms. The van der Waals surface area contributed by atoms with Crippen LogP contribution in [0.3, 0.4) is 0 Å². The van der Waals surface area contributed by atoms with Crippen molar-refractivity contribution in [1.29, 1.82) is 0 Å². The molecular formula is C23H31F3N4O5. The van der Waals surface area contributed by atoms with Crippen LogP contribution in [0.25, 0.3) is 0 Å². The van der Waals surface area contributed by atoms with E-state index in [1.54, 1.807) is 44.1 Å². The van der Waals surface area contributed by atoms with Gasteiger partial charge in [0, 0.05) is 38.6 Å². The Labute approximate surface area is 201 Å². The van der Waals surface area contributed by atoms with Crippen molar-refractivity contribution in [3.63, 3.8) is 0 Å². The summed E-state index contributed by atoms with van der Waals surface area (Å²) >= 11 is 0. The molecule has 2 amide bonds. The highest BCUT2D eigenvalue weighted by atomic mass is 19.4. The van der Waals surface area contributed by atoms with E-state index in [1.807, 2.05) is 11.4 Å². The number of nitrogens with zero attached hydrogens (tertiary/aromatic N) is 3. The fraction of sp³-hybridized carbons (Fsp3) is 0.652. The number of ether oxygens (including phenoxy) is 2. The lowest BCUT2D eigenvalue weighted by Crippen LogP contribution is -2.62. The van der Waals surface area contributed by atoms with E-state index in [0.29, 0.717) is 12.8 Å². The standard InChI is InChI=1S/C23H31F3N4O5/c1-22(2,3)35-21(33)30-8-7-29(18(13-30)19(31)28-14-23(24,25)26)12-17-10-16(20(32)34-17)9-15-5-4-6-27-11-15/h4-6,11,16-18H,7-10,12-14H2,1-3H3,(H,28,31)/t16-,17+,18+/m1/s1. The summed E-state index contributed by atoms with van der Waals surface area (Å²) in [5.74, 6) is -1.58. The lowest BCUT2D eigenvalue weighted by atomic mass is 9.96. The second-order valence-corrected chi connectivity index (χ2v) is 9.83. The largest absolute Gasteiger partial charge is 0.461 e. The third-order valence-electron chi connectivity index (χ3n) is 5.72. The van der Waals surface area contributed by atoms with Gasteiger partial charge in [-0.2, -0.15) is 13.2 Å². The Bertz CT molecular complexity index is 907. The molecular weight excluding hydrogens is 469 g/mol. The lowest BCUT2D eigenvalue weighted by Gasteiger charge is -2.41. The van der Waals surface area contributed by atoms with Crippen LogP contribution in [0.2, 0.25) is 0 Å². The molecule has 2 saturated heterocycles. The molecule has 1 aromatic heterocycles. The molecule has 0 unspecified atom stereocenters. The monoisotopic (exact) mass is 500 g/mol. The zero-order chi connectivity index (χ0) is 25.8. The second-order valence-electron chi connectivity index (χ2n) is 9.83.